The molecular formula is C12H14F2N2O2. The van der Waals surface area contributed by atoms with Crippen molar-refractivity contribution in [3.63, 3.8) is 0 Å². The van der Waals surface area contributed by atoms with Gasteiger partial charge in [0, 0.05) is 13.6 Å². The summed E-state index contributed by atoms with van der Waals surface area (Å²) in [5, 5.41) is 17.1. The monoisotopic (exact) mass is 256 g/mol. The van der Waals surface area contributed by atoms with Crippen LogP contribution in [-0.2, 0) is 4.74 Å². The van der Waals surface area contributed by atoms with E-state index in [9.17, 15) is 8.78 Å². The van der Waals surface area contributed by atoms with E-state index in [1.807, 2.05) is 0 Å². The smallest absolute Gasteiger partial charge is 0.183 e. The lowest BCUT2D eigenvalue weighted by molar-refractivity contribution is 0.0970. The first-order valence-electron chi connectivity index (χ1n) is 5.39. The van der Waals surface area contributed by atoms with E-state index in [2.05, 4.69) is 0 Å². The Bertz CT molecular complexity index is 446. The van der Waals surface area contributed by atoms with Crippen LogP contribution in [0.1, 0.15) is 5.56 Å². The van der Waals surface area contributed by atoms with Gasteiger partial charge in [0.1, 0.15) is 6.07 Å². The highest BCUT2D eigenvalue weighted by Gasteiger charge is 2.15. The van der Waals surface area contributed by atoms with Crippen LogP contribution in [0.15, 0.2) is 12.1 Å². The Morgan fingerprint density at radius 1 is 1.33 bits per heavy atom. The average Bonchev–Trinajstić information content (AvgIpc) is 2.37. The van der Waals surface area contributed by atoms with E-state index in [0.717, 1.165) is 0 Å². The van der Waals surface area contributed by atoms with E-state index in [1.54, 1.807) is 13.1 Å². The van der Waals surface area contributed by atoms with Crippen LogP contribution in [0.4, 0.5) is 14.5 Å². The Kier molecular flexibility index (Phi) is 5.49. The molecule has 0 radical (unpaired) electrons. The molecule has 1 aromatic rings. The minimum absolute atomic E-state index is 0.0686. The summed E-state index contributed by atoms with van der Waals surface area (Å²) < 4.78 is 32.0. The van der Waals surface area contributed by atoms with Crippen molar-refractivity contribution in [2.75, 3.05) is 38.3 Å². The van der Waals surface area contributed by atoms with Crippen molar-refractivity contribution in [2.45, 2.75) is 0 Å². The number of halogens is 2. The molecule has 0 aliphatic rings. The summed E-state index contributed by atoms with van der Waals surface area (Å²) in [6, 6.07) is 4.16. The van der Waals surface area contributed by atoms with Gasteiger partial charge in [0.05, 0.1) is 31.1 Å². The number of benzene rings is 1. The van der Waals surface area contributed by atoms with E-state index in [1.165, 1.54) is 17.0 Å². The van der Waals surface area contributed by atoms with Gasteiger partial charge in [-0.2, -0.15) is 5.26 Å². The van der Waals surface area contributed by atoms with Crippen LogP contribution >= 0.6 is 0 Å². The second kappa shape index (κ2) is 6.89. The molecule has 4 nitrogen and oxygen atoms in total. The summed E-state index contributed by atoms with van der Waals surface area (Å²) in [6.45, 7) is 0.766. The van der Waals surface area contributed by atoms with Crippen molar-refractivity contribution in [3.8, 4) is 6.07 Å². The number of hydrogen-bond donors (Lipinski definition) is 1. The standard InChI is InChI=1S/C12H14F2N2O2/c1-16(4-6-18-7-5-17)10-3-2-9(8-15)11(13)12(10)14/h2-3,17H,4-7H2,1H3. The molecule has 0 atom stereocenters. The Morgan fingerprint density at radius 2 is 2.06 bits per heavy atom. The summed E-state index contributed by atoms with van der Waals surface area (Å²) in [7, 11) is 1.59. The molecule has 1 rings (SSSR count). The number of hydrogen-bond acceptors (Lipinski definition) is 4. The minimum atomic E-state index is -1.14. The molecule has 0 aliphatic heterocycles. The van der Waals surface area contributed by atoms with Crippen molar-refractivity contribution in [1.29, 1.82) is 5.26 Å². The lowest BCUT2D eigenvalue weighted by Gasteiger charge is -2.20. The molecule has 0 spiro atoms. The second-order valence-electron chi connectivity index (χ2n) is 3.63. The van der Waals surface area contributed by atoms with E-state index in [4.69, 9.17) is 15.1 Å². The Labute approximate surface area is 104 Å². The number of anilines is 1. The van der Waals surface area contributed by atoms with Gasteiger partial charge in [-0.3, -0.25) is 0 Å². The van der Waals surface area contributed by atoms with E-state index in [-0.39, 0.29) is 31.1 Å². The van der Waals surface area contributed by atoms with Gasteiger partial charge in [-0.05, 0) is 12.1 Å². The van der Waals surface area contributed by atoms with E-state index >= 15 is 0 Å². The fourth-order valence-electron chi connectivity index (χ4n) is 1.41. The molecule has 0 fully saturated rings. The first-order chi connectivity index (χ1) is 8.61. The largest absolute Gasteiger partial charge is 0.394 e. The normalized spacial score (nSPS) is 10.2. The minimum Gasteiger partial charge on any atom is -0.394 e. The molecule has 0 unspecified atom stereocenters. The van der Waals surface area contributed by atoms with E-state index < -0.39 is 11.6 Å². The first kappa shape index (κ1) is 14.4. The van der Waals surface area contributed by atoms with Crippen LogP contribution in [-0.4, -0.2) is 38.5 Å². The number of nitrogens with zero attached hydrogens (tertiary/aromatic N) is 2. The molecule has 18 heavy (non-hydrogen) atoms. The summed E-state index contributed by atoms with van der Waals surface area (Å²) in [4.78, 5) is 1.48. The molecule has 1 N–H and O–H groups in total. The van der Waals surface area contributed by atoms with Gasteiger partial charge in [-0.1, -0.05) is 0 Å². The fourth-order valence-corrected chi connectivity index (χ4v) is 1.41. The third kappa shape index (κ3) is 3.39. The molecule has 0 saturated carbocycles. The maximum atomic E-state index is 13.6. The van der Waals surface area contributed by atoms with Gasteiger partial charge in [-0.25, -0.2) is 8.78 Å². The third-order valence-corrected chi connectivity index (χ3v) is 2.40. The number of likely N-dealkylation sites (N-methyl/N-ethyl adjacent to an activating group) is 1. The zero-order chi connectivity index (χ0) is 13.5. The SMILES string of the molecule is CN(CCOCCO)c1ccc(C#N)c(F)c1F. The quantitative estimate of drug-likeness (QED) is 0.779. The van der Waals surface area contributed by atoms with Crippen LogP contribution in [0.5, 0.6) is 0 Å². The Balaban J connectivity index is 2.72. The molecule has 0 heterocycles. The van der Waals surface area contributed by atoms with Crippen LogP contribution in [0.3, 0.4) is 0 Å². The maximum absolute atomic E-state index is 13.6. The Morgan fingerprint density at radius 3 is 2.67 bits per heavy atom. The highest BCUT2D eigenvalue weighted by Crippen LogP contribution is 2.22. The first-order valence-corrected chi connectivity index (χ1v) is 5.39. The van der Waals surface area contributed by atoms with Gasteiger partial charge < -0.3 is 14.7 Å². The van der Waals surface area contributed by atoms with Gasteiger partial charge in [0.15, 0.2) is 11.6 Å². The molecule has 6 heteroatoms. The van der Waals surface area contributed by atoms with Crippen LogP contribution in [0, 0.1) is 23.0 Å². The van der Waals surface area contributed by atoms with Gasteiger partial charge in [0.25, 0.3) is 0 Å². The van der Waals surface area contributed by atoms with Crippen molar-refractivity contribution in [1.82, 2.24) is 0 Å². The number of nitriles is 1. The highest BCUT2D eigenvalue weighted by molar-refractivity contribution is 5.51. The molecule has 0 aliphatic carbocycles. The molecule has 0 amide bonds. The number of ether oxygens (including phenoxy) is 1. The lowest BCUT2D eigenvalue weighted by atomic mass is 10.2. The zero-order valence-electron chi connectivity index (χ0n) is 9.99. The molecule has 0 saturated heterocycles. The molecule has 1 aromatic carbocycles. The van der Waals surface area contributed by atoms with Crippen molar-refractivity contribution >= 4 is 5.69 Å². The second-order valence-corrected chi connectivity index (χ2v) is 3.63. The third-order valence-electron chi connectivity index (χ3n) is 2.40. The van der Waals surface area contributed by atoms with Crippen LogP contribution in [0.2, 0.25) is 0 Å². The number of aliphatic hydroxyl groups is 1. The lowest BCUT2D eigenvalue weighted by Crippen LogP contribution is -2.24. The van der Waals surface area contributed by atoms with Gasteiger partial charge >= 0.3 is 0 Å². The summed E-state index contributed by atoms with van der Waals surface area (Å²) in [6.07, 6.45) is 0. The van der Waals surface area contributed by atoms with Gasteiger partial charge in [0.2, 0.25) is 0 Å². The number of aliphatic hydroxyl groups excluding tert-OH is 1. The van der Waals surface area contributed by atoms with Crippen molar-refractivity contribution in [2.24, 2.45) is 0 Å². The van der Waals surface area contributed by atoms with E-state index in [0.29, 0.717) is 6.54 Å². The molecule has 0 bridgehead atoms. The predicted molar refractivity (Wildman–Crippen MR) is 62.2 cm³/mol. The van der Waals surface area contributed by atoms with Crippen LogP contribution < -0.4 is 4.90 Å². The molecule has 98 valence electrons. The topological polar surface area (TPSA) is 56.5 Å². The van der Waals surface area contributed by atoms with Crippen LogP contribution in [0.25, 0.3) is 0 Å². The highest BCUT2D eigenvalue weighted by atomic mass is 19.2. The Hall–Kier alpha value is -1.71. The number of rotatable bonds is 6. The summed E-state index contributed by atoms with van der Waals surface area (Å²) in [5.41, 5.74) is -0.250. The van der Waals surface area contributed by atoms with Gasteiger partial charge in [-0.15, -0.1) is 0 Å². The van der Waals surface area contributed by atoms with Crippen molar-refractivity contribution < 1.29 is 18.6 Å². The maximum Gasteiger partial charge on any atom is 0.183 e. The van der Waals surface area contributed by atoms with Crippen molar-refractivity contribution in [3.05, 3.63) is 29.3 Å². The molecule has 0 aromatic heterocycles. The molecular weight excluding hydrogens is 242 g/mol. The summed E-state index contributed by atoms with van der Waals surface area (Å²) >= 11 is 0. The average molecular weight is 256 g/mol. The summed E-state index contributed by atoms with van der Waals surface area (Å²) in [5.74, 6) is -2.18. The fraction of sp³-hybridized carbons (Fsp3) is 0.417. The zero-order valence-corrected chi connectivity index (χ0v) is 9.99. The predicted octanol–water partition coefficient (Wildman–Crippen LogP) is 1.28.